The van der Waals surface area contributed by atoms with E-state index in [-0.39, 0.29) is 11.4 Å². The summed E-state index contributed by atoms with van der Waals surface area (Å²) >= 11 is 0. The summed E-state index contributed by atoms with van der Waals surface area (Å²) in [6.45, 7) is 7.48. The molecule has 0 saturated carbocycles. The predicted octanol–water partition coefficient (Wildman–Crippen LogP) is 2.22. The van der Waals surface area contributed by atoms with Crippen molar-refractivity contribution < 1.29 is 28.3 Å². The zero-order valence-electron chi connectivity index (χ0n) is 13.2. The number of ether oxygens (including phenoxy) is 1. The molecule has 1 aromatic rings. The standard InChI is InChI=1S/C14H19BFNO5/c1-13(2)14(3,4)22-15(21-13)9-6-8(16)7-10(11(9)20-5)17-12(18)19/h6-7,17H,1-5H3,(H,18,19). The molecule has 1 aromatic carbocycles. The van der Waals surface area contributed by atoms with Gasteiger partial charge in [0, 0.05) is 11.5 Å². The van der Waals surface area contributed by atoms with Crippen LogP contribution in [0.5, 0.6) is 5.75 Å². The summed E-state index contributed by atoms with van der Waals surface area (Å²) in [5.41, 5.74) is -0.908. The lowest BCUT2D eigenvalue weighted by Crippen LogP contribution is -2.41. The first-order valence-electron chi connectivity index (χ1n) is 6.80. The van der Waals surface area contributed by atoms with Gasteiger partial charge in [-0.2, -0.15) is 0 Å². The van der Waals surface area contributed by atoms with E-state index in [1.165, 1.54) is 13.2 Å². The Morgan fingerprint density at radius 1 is 1.27 bits per heavy atom. The Morgan fingerprint density at radius 3 is 2.27 bits per heavy atom. The monoisotopic (exact) mass is 311 g/mol. The minimum atomic E-state index is -1.32. The number of halogens is 1. The van der Waals surface area contributed by atoms with E-state index in [1.807, 2.05) is 27.7 Å². The molecule has 0 unspecified atom stereocenters. The maximum Gasteiger partial charge on any atom is 0.498 e. The van der Waals surface area contributed by atoms with Crippen LogP contribution in [-0.4, -0.2) is 36.6 Å². The van der Waals surface area contributed by atoms with Crippen molar-refractivity contribution in [3.63, 3.8) is 0 Å². The van der Waals surface area contributed by atoms with E-state index in [9.17, 15) is 9.18 Å². The largest absolute Gasteiger partial charge is 0.498 e. The molecule has 1 amide bonds. The zero-order chi connectivity index (χ0) is 16.7. The first-order valence-corrected chi connectivity index (χ1v) is 6.80. The van der Waals surface area contributed by atoms with E-state index in [0.717, 1.165) is 6.07 Å². The lowest BCUT2D eigenvalue weighted by atomic mass is 9.78. The van der Waals surface area contributed by atoms with Crippen molar-refractivity contribution in [3.8, 4) is 5.75 Å². The van der Waals surface area contributed by atoms with Gasteiger partial charge in [0.2, 0.25) is 0 Å². The molecule has 0 radical (unpaired) electrons. The second kappa shape index (κ2) is 5.44. The third kappa shape index (κ3) is 2.89. The van der Waals surface area contributed by atoms with E-state index >= 15 is 0 Å². The molecule has 0 aliphatic carbocycles. The number of anilines is 1. The molecular weight excluding hydrogens is 292 g/mol. The van der Waals surface area contributed by atoms with Crippen molar-refractivity contribution in [1.82, 2.24) is 0 Å². The molecule has 120 valence electrons. The number of benzene rings is 1. The number of nitrogens with one attached hydrogen (secondary N) is 1. The SMILES string of the molecule is COc1c(NC(=O)O)cc(F)cc1B1OC(C)(C)C(C)(C)O1. The van der Waals surface area contributed by atoms with Crippen LogP contribution < -0.4 is 15.5 Å². The van der Waals surface area contributed by atoms with Crippen LogP contribution in [0.1, 0.15) is 27.7 Å². The molecule has 1 aliphatic rings. The molecule has 1 fully saturated rings. The Balaban J connectivity index is 2.48. The van der Waals surface area contributed by atoms with E-state index in [1.54, 1.807) is 0 Å². The van der Waals surface area contributed by atoms with Crippen LogP contribution in [0.4, 0.5) is 14.9 Å². The van der Waals surface area contributed by atoms with Gasteiger partial charge >= 0.3 is 13.2 Å². The number of hydrogen-bond acceptors (Lipinski definition) is 4. The molecule has 1 saturated heterocycles. The number of carbonyl (C=O) groups is 1. The van der Waals surface area contributed by atoms with E-state index in [2.05, 4.69) is 5.32 Å². The highest BCUT2D eigenvalue weighted by atomic mass is 19.1. The highest BCUT2D eigenvalue weighted by Gasteiger charge is 2.52. The van der Waals surface area contributed by atoms with Crippen LogP contribution in [0.2, 0.25) is 0 Å². The van der Waals surface area contributed by atoms with Crippen LogP contribution in [0.15, 0.2) is 12.1 Å². The first-order chi connectivity index (χ1) is 10.1. The van der Waals surface area contributed by atoms with Crippen LogP contribution in [0, 0.1) is 5.82 Å². The smallest absolute Gasteiger partial charge is 0.495 e. The van der Waals surface area contributed by atoms with Gasteiger partial charge in [0.25, 0.3) is 0 Å². The fraction of sp³-hybridized carbons (Fsp3) is 0.500. The third-order valence-electron chi connectivity index (χ3n) is 4.04. The Hall–Kier alpha value is -1.80. The second-order valence-electron chi connectivity index (χ2n) is 6.09. The molecule has 22 heavy (non-hydrogen) atoms. The van der Waals surface area contributed by atoms with Crippen molar-refractivity contribution in [2.24, 2.45) is 0 Å². The molecule has 1 heterocycles. The fourth-order valence-corrected chi connectivity index (χ4v) is 2.20. The van der Waals surface area contributed by atoms with Crippen LogP contribution in [-0.2, 0) is 9.31 Å². The Morgan fingerprint density at radius 2 is 1.82 bits per heavy atom. The van der Waals surface area contributed by atoms with E-state index in [0.29, 0.717) is 5.46 Å². The van der Waals surface area contributed by atoms with E-state index < -0.39 is 30.2 Å². The summed E-state index contributed by atoms with van der Waals surface area (Å²) < 4.78 is 30.8. The van der Waals surface area contributed by atoms with Gasteiger partial charge in [0.05, 0.1) is 24.0 Å². The lowest BCUT2D eigenvalue weighted by molar-refractivity contribution is 0.00578. The normalized spacial score (nSPS) is 19.1. The Bertz CT molecular complexity index is 589. The van der Waals surface area contributed by atoms with E-state index in [4.69, 9.17) is 19.2 Å². The summed E-state index contributed by atoms with van der Waals surface area (Å²) in [6.07, 6.45) is -1.32. The predicted molar refractivity (Wildman–Crippen MR) is 80.3 cm³/mol. The summed E-state index contributed by atoms with van der Waals surface area (Å²) in [7, 11) is 0.514. The van der Waals surface area contributed by atoms with Gasteiger partial charge in [-0.05, 0) is 33.8 Å². The number of methoxy groups -OCH3 is 1. The quantitative estimate of drug-likeness (QED) is 0.837. The molecule has 0 aromatic heterocycles. The molecule has 0 spiro atoms. The van der Waals surface area contributed by atoms with Gasteiger partial charge in [-0.1, -0.05) is 0 Å². The molecule has 2 N–H and O–H groups in total. The molecule has 6 nitrogen and oxygen atoms in total. The molecule has 0 bridgehead atoms. The Labute approximate surface area is 128 Å². The van der Waals surface area contributed by atoms with Crippen molar-refractivity contribution >= 4 is 24.4 Å². The minimum Gasteiger partial charge on any atom is -0.495 e. The minimum absolute atomic E-state index is 0.000266. The molecular formula is C14H19BFNO5. The van der Waals surface area contributed by atoms with Gasteiger partial charge in [0.15, 0.2) is 0 Å². The van der Waals surface area contributed by atoms with Crippen molar-refractivity contribution in [2.45, 2.75) is 38.9 Å². The van der Waals surface area contributed by atoms with Gasteiger partial charge in [0.1, 0.15) is 11.6 Å². The average Bonchev–Trinajstić information content (AvgIpc) is 2.57. The highest BCUT2D eigenvalue weighted by molar-refractivity contribution is 6.63. The molecule has 8 heteroatoms. The van der Waals surface area contributed by atoms with Gasteiger partial charge in [-0.15, -0.1) is 0 Å². The summed E-state index contributed by atoms with van der Waals surface area (Å²) in [5.74, 6) is -0.448. The van der Waals surface area contributed by atoms with Crippen molar-refractivity contribution in [1.29, 1.82) is 0 Å². The molecule has 0 atom stereocenters. The zero-order valence-corrected chi connectivity index (χ0v) is 13.2. The third-order valence-corrected chi connectivity index (χ3v) is 4.04. The lowest BCUT2D eigenvalue weighted by Gasteiger charge is -2.32. The summed E-state index contributed by atoms with van der Waals surface area (Å²) in [4.78, 5) is 10.8. The summed E-state index contributed by atoms with van der Waals surface area (Å²) in [6, 6.07) is 2.26. The van der Waals surface area contributed by atoms with Crippen LogP contribution in [0.25, 0.3) is 0 Å². The summed E-state index contributed by atoms with van der Waals surface area (Å²) in [5, 5.41) is 11.0. The van der Waals surface area contributed by atoms with Crippen LogP contribution in [0.3, 0.4) is 0 Å². The maximum atomic E-state index is 13.8. The molecule has 2 rings (SSSR count). The van der Waals surface area contributed by atoms with Crippen LogP contribution >= 0.6 is 0 Å². The Kier molecular flexibility index (Phi) is 4.10. The van der Waals surface area contributed by atoms with Gasteiger partial charge in [-0.3, -0.25) is 5.32 Å². The fourth-order valence-electron chi connectivity index (χ4n) is 2.20. The highest BCUT2D eigenvalue weighted by Crippen LogP contribution is 2.38. The average molecular weight is 311 g/mol. The number of amides is 1. The number of rotatable bonds is 3. The van der Waals surface area contributed by atoms with Crippen molar-refractivity contribution in [3.05, 3.63) is 17.9 Å². The molecule has 1 aliphatic heterocycles. The topological polar surface area (TPSA) is 77.0 Å². The van der Waals surface area contributed by atoms with Gasteiger partial charge in [-0.25, -0.2) is 9.18 Å². The number of carboxylic acid groups (broad SMARTS) is 1. The first kappa shape index (κ1) is 16.6. The number of hydrogen-bond donors (Lipinski definition) is 2. The maximum absolute atomic E-state index is 13.8. The van der Waals surface area contributed by atoms with Crippen molar-refractivity contribution in [2.75, 3.05) is 12.4 Å². The second-order valence-corrected chi connectivity index (χ2v) is 6.09. The van der Waals surface area contributed by atoms with Gasteiger partial charge < -0.3 is 19.2 Å².